The average Bonchev–Trinajstić information content (AvgIpc) is 3.53. The van der Waals surface area contributed by atoms with Gasteiger partial charge in [0.25, 0.3) is 0 Å². The normalized spacial score (nSPS) is 20.3. The smallest absolute Gasteiger partial charge is 0.324 e. The highest BCUT2D eigenvalue weighted by atomic mass is 32.2. The Kier molecular flexibility index (Phi) is 6.39. The van der Waals surface area contributed by atoms with Gasteiger partial charge < -0.3 is 10.2 Å². The predicted molar refractivity (Wildman–Crippen MR) is 148 cm³/mol. The van der Waals surface area contributed by atoms with Crippen LogP contribution in [0.2, 0.25) is 0 Å². The first-order valence-corrected chi connectivity index (χ1v) is 13.4. The van der Waals surface area contributed by atoms with Crippen LogP contribution in [-0.4, -0.2) is 45.4 Å². The van der Waals surface area contributed by atoms with Crippen molar-refractivity contribution >= 4 is 40.9 Å². The Morgan fingerprint density at radius 1 is 0.868 bits per heavy atom. The maximum Gasteiger partial charge on any atom is 0.326 e. The summed E-state index contributed by atoms with van der Waals surface area (Å²) in [5.74, 6) is 0.187. The number of ketones is 1. The molecule has 1 aromatic heterocycles. The lowest BCUT2D eigenvalue weighted by molar-refractivity contribution is -0.117. The fourth-order valence-corrected chi connectivity index (χ4v) is 6.53. The minimum Gasteiger partial charge on any atom is -0.324 e. The summed E-state index contributed by atoms with van der Waals surface area (Å²) in [4.78, 5) is 48.2. The molecule has 3 heterocycles. The zero-order valence-electron chi connectivity index (χ0n) is 20.3. The molecule has 6 rings (SSSR count). The van der Waals surface area contributed by atoms with E-state index in [1.54, 1.807) is 70.4 Å². The average molecular weight is 521 g/mol. The third-order valence-corrected chi connectivity index (χ3v) is 8.15. The van der Waals surface area contributed by atoms with E-state index >= 15 is 0 Å². The number of hydrogen-bond acceptors (Lipinski definition) is 5. The molecule has 2 fully saturated rings. The van der Waals surface area contributed by atoms with Crippen LogP contribution in [0.15, 0.2) is 109 Å². The van der Waals surface area contributed by atoms with Gasteiger partial charge in [0.05, 0.1) is 6.04 Å². The second-order valence-electron chi connectivity index (χ2n) is 9.14. The van der Waals surface area contributed by atoms with E-state index in [-0.39, 0.29) is 29.1 Å². The minimum absolute atomic E-state index is 0.124. The third kappa shape index (κ3) is 4.33. The molecule has 0 saturated carbocycles. The number of pyridine rings is 1. The number of carbonyl (C=O) groups excluding carboxylic acids is 3. The van der Waals surface area contributed by atoms with Gasteiger partial charge in [-0.1, -0.05) is 66.7 Å². The fourth-order valence-electron chi connectivity index (χ4n) is 5.07. The van der Waals surface area contributed by atoms with Crippen molar-refractivity contribution in [2.45, 2.75) is 17.5 Å². The topological polar surface area (TPSA) is 82.6 Å². The van der Waals surface area contributed by atoms with E-state index in [1.165, 1.54) is 0 Å². The van der Waals surface area contributed by atoms with Gasteiger partial charge in [0.2, 0.25) is 5.91 Å². The highest BCUT2D eigenvalue weighted by Crippen LogP contribution is 2.47. The van der Waals surface area contributed by atoms with Crippen molar-refractivity contribution in [3.63, 3.8) is 0 Å². The molecule has 1 N–H and O–H groups in total. The first-order chi connectivity index (χ1) is 18.6. The number of nitrogens with one attached hydrogen (secondary N) is 1. The van der Waals surface area contributed by atoms with E-state index in [9.17, 15) is 14.4 Å². The molecule has 0 aliphatic carbocycles. The van der Waals surface area contributed by atoms with Gasteiger partial charge in [-0.2, -0.15) is 0 Å². The number of rotatable bonds is 6. The molecular formula is C30H24N4O3S. The number of benzene rings is 3. The molecule has 0 bridgehead atoms. The van der Waals surface area contributed by atoms with Gasteiger partial charge in [-0.05, 0) is 30.3 Å². The molecule has 38 heavy (non-hydrogen) atoms. The summed E-state index contributed by atoms with van der Waals surface area (Å²) in [6, 6.07) is 27.7. The van der Waals surface area contributed by atoms with Gasteiger partial charge in [-0.25, -0.2) is 4.79 Å². The standard InChI is InChI=1S/C30H24N4O3S/c35-27(20-9-3-1-4-10-20)21-11-7-13-23(17-21)32-28(36)26-25-19-38-29(22-12-8-16-31-18-22)34(25)30(37)33(26)24-14-5-2-6-15-24/h1-18,25-26,29H,19H2,(H,32,36). The quantitative estimate of drug-likeness (QED) is 0.346. The SMILES string of the molecule is O=C(c1ccccc1)c1cccc(NC(=O)C2C3CSC(c4cccnc4)N3C(=O)N2c2ccccc2)c1. The van der Waals surface area contributed by atoms with Crippen LogP contribution in [0.5, 0.6) is 0 Å². The molecule has 3 unspecified atom stereocenters. The van der Waals surface area contributed by atoms with Crippen LogP contribution in [0, 0.1) is 0 Å². The van der Waals surface area contributed by atoms with Crippen molar-refractivity contribution in [3.05, 3.63) is 126 Å². The second kappa shape index (κ2) is 10.1. The molecule has 0 radical (unpaired) electrons. The van der Waals surface area contributed by atoms with Gasteiger partial charge in [0.15, 0.2) is 5.78 Å². The van der Waals surface area contributed by atoms with Crippen LogP contribution in [0.4, 0.5) is 16.2 Å². The number of amides is 3. The van der Waals surface area contributed by atoms with Crippen molar-refractivity contribution in [2.24, 2.45) is 0 Å². The lowest BCUT2D eigenvalue weighted by atomic mass is 10.0. The maximum atomic E-state index is 13.8. The zero-order valence-corrected chi connectivity index (χ0v) is 21.1. The van der Waals surface area contributed by atoms with E-state index in [4.69, 9.17) is 0 Å². The van der Waals surface area contributed by atoms with Crippen molar-refractivity contribution < 1.29 is 14.4 Å². The minimum atomic E-state index is -0.743. The molecule has 2 saturated heterocycles. The van der Waals surface area contributed by atoms with Gasteiger partial charge in [0, 0.05) is 46.2 Å². The Morgan fingerprint density at radius 3 is 2.34 bits per heavy atom. The number of fused-ring (bicyclic) bond motifs is 1. The summed E-state index contributed by atoms with van der Waals surface area (Å²) in [5.41, 5.74) is 3.15. The van der Waals surface area contributed by atoms with E-state index in [1.807, 2.05) is 60.7 Å². The van der Waals surface area contributed by atoms with Crippen molar-refractivity contribution in [2.75, 3.05) is 16.0 Å². The van der Waals surface area contributed by atoms with Crippen LogP contribution in [0.25, 0.3) is 0 Å². The van der Waals surface area contributed by atoms with E-state index < -0.39 is 6.04 Å². The molecule has 3 atom stereocenters. The molecule has 8 heteroatoms. The largest absolute Gasteiger partial charge is 0.326 e. The molecular weight excluding hydrogens is 496 g/mol. The molecule has 2 aliphatic heterocycles. The first kappa shape index (κ1) is 23.9. The fraction of sp³-hybridized carbons (Fsp3) is 0.133. The van der Waals surface area contributed by atoms with Crippen LogP contribution < -0.4 is 10.2 Å². The molecule has 4 aromatic rings. The van der Waals surface area contributed by atoms with Gasteiger partial charge in [-0.3, -0.25) is 19.5 Å². The molecule has 3 amide bonds. The number of aromatic nitrogens is 1. The van der Waals surface area contributed by atoms with Gasteiger partial charge >= 0.3 is 6.03 Å². The zero-order chi connectivity index (χ0) is 26.1. The molecule has 7 nitrogen and oxygen atoms in total. The summed E-state index contributed by atoms with van der Waals surface area (Å²) in [6.45, 7) is 0. The molecule has 188 valence electrons. The van der Waals surface area contributed by atoms with Crippen LogP contribution >= 0.6 is 11.8 Å². The Morgan fingerprint density at radius 2 is 1.61 bits per heavy atom. The summed E-state index contributed by atoms with van der Waals surface area (Å²) >= 11 is 1.63. The summed E-state index contributed by atoms with van der Waals surface area (Å²) in [7, 11) is 0. The maximum absolute atomic E-state index is 13.8. The number of urea groups is 1. The lowest BCUT2D eigenvalue weighted by Crippen LogP contribution is -2.47. The molecule has 2 aliphatic rings. The number of thioether (sulfide) groups is 1. The van der Waals surface area contributed by atoms with E-state index in [2.05, 4.69) is 10.3 Å². The van der Waals surface area contributed by atoms with Crippen molar-refractivity contribution in [1.29, 1.82) is 0 Å². The van der Waals surface area contributed by atoms with Crippen LogP contribution in [0.1, 0.15) is 26.9 Å². The highest BCUT2D eigenvalue weighted by molar-refractivity contribution is 7.99. The third-order valence-electron chi connectivity index (χ3n) is 6.81. The Labute approximate surface area is 224 Å². The molecule has 3 aromatic carbocycles. The monoisotopic (exact) mass is 520 g/mol. The number of nitrogens with zero attached hydrogens (tertiary/aromatic N) is 3. The predicted octanol–water partition coefficient (Wildman–Crippen LogP) is 5.38. The van der Waals surface area contributed by atoms with Gasteiger partial charge in [-0.15, -0.1) is 11.8 Å². The molecule has 0 spiro atoms. The highest BCUT2D eigenvalue weighted by Gasteiger charge is 2.56. The van der Waals surface area contributed by atoms with Crippen molar-refractivity contribution in [1.82, 2.24) is 9.88 Å². The Bertz CT molecular complexity index is 1480. The van der Waals surface area contributed by atoms with Crippen LogP contribution in [-0.2, 0) is 4.79 Å². The number of hydrogen-bond donors (Lipinski definition) is 1. The van der Waals surface area contributed by atoms with Gasteiger partial charge in [0.1, 0.15) is 11.4 Å². The second-order valence-corrected chi connectivity index (χ2v) is 10.3. The van der Waals surface area contributed by atoms with Crippen molar-refractivity contribution in [3.8, 4) is 0 Å². The van der Waals surface area contributed by atoms with E-state index in [0.717, 1.165) is 5.56 Å². The number of anilines is 2. The lowest BCUT2D eigenvalue weighted by Gasteiger charge is -2.25. The number of carbonyl (C=O) groups is 3. The van der Waals surface area contributed by atoms with E-state index in [0.29, 0.717) is 28.3 Å². The first-order valence-electron chi connectivity index (χ1n) is 12.3. The summed E-state index contributed by atoms with van der Waals surface area (Å²) in [5, 5.41) is 2.76. The summed E-state index contributed by atoms with van der Waals surface area (Å²) < 4.78 is 0. The van der Waals surface area contributed by atoms with Crippen LogP contribution in [0.3, 0.4) is 0 Å². The Hall–Kier alpha value is -4.43. The summed E-state index contributed by atoms with van der Waals surface area (Å²) in [6.07, 6.45) is 3.47. The Balaban J connectivity index is 1.31. The number of para-hydroxylation sites is 1.